The summed E-state index contributed by atoms with van der Waals surface area (Å²) < 4.78 is 0. The molecular formula is C15H26N4O8S. The maximum Gasteiger partial charge on any atom is 0.326 e. The Morgan fingerprint density at radius 3 is 2.14 bits per heavy atom. The summed E-state index contributed by atoms with van der Waals surface area (Å²) in [6, 6.07) is -3.92. The lowest BCUT2D eigenvalue weighted by atomic mass is 10.1. The normalized spacial score (nSPS) is 14.9. The van der Waals surface area contributed by atoms with Crippen LogP contribution < -0.4 is 21.7 Å². The minimum atomic E-state index is -1.66. The van der Waals surface area contributed by atoms with Crippen LogP contribution in [0.5, 0.6) is 0 Å². The number of aliphatic hydroxyl groups excluding tert-OH is 1. The van der Waals surface area contributed by atoms with Gasteiger partial charge < -0.3 is 37.0 Å². The highest BCUT2D eigenvalue weighted by Crippen LogP contribution is 2.01. The van der Waals surface area contributed by atoms with E-state index in [0.29, 0.717) is 12.2 Å². The maximum atomic E-state index is 12.1. The Kier molecular flexibility index (Phi) is 11.8. The number of hydrogen-bond acceptors (Lipinski definition) is 8. The number of hydrogen-bond donors (Lipinski definition) is 7. The lowest BCUT2D eigenvalue weighted by Gasteiger charge is -2.22. The monoisotopic (exact) mass is 422 g/mol. The van der Waals surface area contributed by atoms with Crippen molar-refractivity contribution in [3.63, 3.8) is 0 Å². The molecule has 8 N–H and O–H groups in total. The summed E-state index contributed by atoms with van der Waals surface area (Å²) in [4.78, 5) is 57.4. The molecule has 3 amide bonds. The number of aliphatic hydroxyl groups is 1. The van der Waals surface area contributed by atoms with Gasteiger partial charge in [0.15, 0.2) is 0 Å². The second-order valence-corrected chi connectivity index (χ2v) is 6.87. The first-order valence-electron chi connectivity index (χ1n) is 8.24. The molecule has 0 aliphatic rings. The van der Waals surface area contributed by atoms with Crippen molar-refractivity contribution in [2.75, 3.05) is 18.6 Å². The van der Waals surface area contributed by atoms with E-state index < -0.39 is 66.9 Å². The molecule has 4 unspecified atom stereocenters. The van der Waals surface area contributed by atoms with Gasteiger partial charge in [0.1, 0.15) is 12.1 Å². The maximum absolute atomic E-state index is 12.1. The highest BCUT2D eigenvalue weighted by Gasteiger charge is 2.28. The summed E-state index contributed by atoms with van der Waals surface area (Å²) in [5.41, 5.74) is 5.69. The molecule has 0 saturated carbocycles. The van der Waals surface area contributed by atoms with Gasteiger partial charge in [-0.25, -0.2) is 4.79 Å². The molecule has 0 saturated heterocycles. The van der Waals surface area contributed by atoms with Crippen molar-refractivity contribution in [2.24, 2.45) is 5.73 Å². The number of rotatable bonds is 13. The van der Waals surface area contributed by atoms with Crippen LogP contribution in [0.25, 0.3) is 0 Å². The zero-order chi connectivity index (χ0) is 21.9. The van der Waals surface area contributed by atoms with Gasteiger partial charge in [-0.2, -0.15) is 11.8 Å². The fourth-order valence-electron chi connectivity index (χ4n) is 1.94. The van der Waals surface area contributed by atoms with Crippen LogP contribution in [0.3, 0.4) is 0 Å². The lowest BCUT2D eigenvalue weighted by molar-refractivity contribution is -0.147. The van der Waals surface area contributed by atoms with E-state index in [4.69, 9.17) is 15.9 Å². The van der Waals surface area contributed by atoms with Gasteiger partial charge in [-0.1, -0.05) is 0 Å². The van der Waals surface area contributed by atoms with Crippen LogP contribution in [-0.4, -0.2) is 87.8 Å². The number of nitrogens with one attached hydrogen (secondary N) is 3. The summed E-state index contributed by atoms with van der Waals surface area (Å²) in [6.45, 7) is 0.575. The minimum absolute atomic E-state index is 0.365. The third kappa shape index (κ3) is 10.1. The van der Waals surface area contributed by atoms with E-state index >= 15 is 0 Å². The highest BCUT2D eigenvalue weighted by molar-refractivity contribution is 7.98. The van der Waals surface area contributed by atoms with Crippen molar-refractivity contribution >= 4 is 41.4 Å². The molecule has 0 aliphatic carbocycles. The van der Waals surface area contributed by atoms with Crippen molar-refractivity contribution in [3.05, 3.63) is 0 Å². The SMILES string of the molecule is CSCCC(N)C(=O)NC(C(=O)NCC(=O)NC(CC(=O)O)C(=O)O)C(C)O. The fraction of sp³-hybridized carbons (Fsp3) is 0.667. The Morgan fingerprint density at radius 2 is 1.68 bits per heavy atom. The summed E-state index contributed by atoms with van der Waals surface area (Å²) in [5, 5.41) is 33.6. The molecule has 160 valence electrons. The molecule has 28 heavy (non-hydrogen) atoms. The van der Waals surface area contributed by atoms with E-state index in [1.165, 1.54) is 18.7 Å². The summed E-state index contributed by atoms with van der Waals surface area (Å²) in [5.74, 6) is -4.83. The second-order valence-electron chi connectivity index (χ2n) is 5.89. The molecule has 0 radical (unpaired) electrons. The molecule has 0 fully saturated rings. The van der Waals surface area contributed by atoms with Gasteiger partial charge in [0.2, 0.25) is 17.7 Å². The molecule has 4 atom stereocenters. The number of carbonyl (C=O) groups excluding carboxylic acids is 3. The zero-order valence-electron chi connectivity index (χ0n) is 15.5. The van der Waals surface area contributed by atoms with E-state index in [0.717, 1.165) is 0 Å². The standard InChI is InChI=1S/C15H26N4O8S/c1-7(20)12(19-13(24)8(16)3-4-28-2)14(25)17-6-10(21)18-9(15(26)27)5-11(22)23/h7-9,12,20H,3-6,16H2,1-2H3,(H,17,25)(H,18,21)(H,19,24)(H,22,23)(H,26,27). The Hall–Kier alpha value is -2.38. The number of aliphatic carboxylic acids is 2. The number of thioether (sulfide) groups is 1. The Bertz CT molecular complexity index is 586. The van der Waals surface area contributed by atoms with E-state index in [2.05, 4.69) is 10.6 Å². The Morgan fingerprint density at radius 1 is 1.07 bits per heavy atom. The molecule has 12 nitrogen and oxygen atoms in total. The summed E-state index contributed by atoms with van der Waals surface area (Å²) >= 11 is 1.49. The number of carboxylic acid groups (broad SMARTS) is 2. The highest BCUT2D eigenvalue weighted by atomic mass is 32.2. The van der Waals surface area contributed by atoms with Crippen molar-refractivity contribution in [3.8, 4) is 0 Å². The quantitative estimate of drug-likeness (QED) is 0.161. The van der Waals surface area contributed by atoms with Crippen molar-refractivity contribution < 1.29 is 39.3 Å². The average Bonchev–Trinajstić information content (AvgIpc) is 2.60. The van der Waals surface area contributed by atoms with Gasteiger partial charge in [-0.05, 0) is 25.4 Å². The predicted molar refractivity (Wildman–Crippen MR) is 99.4 cm³/mol. The third-order valence-electron chi connectivity index (χ3n) is 3.47. The molecule has 0 heterocycles. The third-order valence-corrected chi connectivity index (χ3v) is 4.11. The molecule has 0 aliphatic heterocycles. The number of carbonyl (C=O) groups is 5. The molecule has 0 aromatic rings. The van der Waals surface area contributed by atoms with Gasteiger partial charge in [0.05, 0.1) is 25.1 Å². The molecule has 0 spiro atoms. The van der Waals surface area contributed by atoms with Crippen molar-refractivity contribution in [2.45, 2.75) is 44.0 Å². The minimum Gasteiger partial charge on any atom is -0.481 e. The summed E-state index contributed by atoms with van der Waals surface area (Å²) in [7, 11) is 0. The molecule has 0 rings (SSSR count). The van der Waals surface area contributed by atoms with Crippen LogP contribution in [0.15, 0.2) is 0 Å². The molecule has 0 bridgehead atoms. The first-order valence-corrected chi connectivity index (χ1v) is 9.63. The first-order chi connectivity index (χ1) is 13.0. The van der Waals surface area contributed by atoms with Gasteiger partial charge in [0, 0.05) is 0 Å². The van der Waals surface area contributed by atoms with Crippen LogP contribution in [0.4, 0.5) is 0 Å². The van der Waals surface area contributed by atoms with Crippen LogP contribution in [0, 0.1) is 0 Å². The molecular weight excluding hydrogens is 396 g/mol. The van der Waals surface area contributed by atoms with Crippen LogP contribution in [0.2, 0.25) is 0 Å². The largest absolute Gasteiger partial charge is 0.481 e. The Balaban J connectivity index is 4.72. The van der Waals surface area contributed by atoms with Gasteiger partial charge in [-0.3, -0.25) is 19.2 Å². The summed E-state index contributed by atoms with van der Waals surface area (Å²) in [6.07, 6.45) is 0.0742. The van der Waals surface area contributed by atoms with E-state index in [1.54, 1.807) is 0 Å². The van der Waals surface area contributed by atoms with Crippen LogP contribution >= 0.6 is 11.8 Å². The van der Waals surface area contributed by atoms with Crippen molar-refractivity contribution in [1.82, 2.24) is 16.0 Å². The van der Waals surface area contributed by atoms with Crippen molar-refractivity contribution in [1.29, 1.82) is 0 Å². The molecule has 0 aromatic heterocycles. The molecule has 13 heteroatoms. The van der Waals surface area contributed by atoms with E-state index in [-0.39, 0.29) is 0 Å². The molecule has 0 aromatic carbocycles. The topological polar surface area (TPSA) is 208 Å². The van der Waals surface area contributed by atoms with Crippen LogP contribution in [0.1, 0.15) is 19.8 Å². The fourth-order valence-corrected chi connectivity index (χ4v) is 2.43. The van der Waals surface area contributed by atoms with Crippen LogP contribution in [-0.2, 0) is 24.0 Å². The predicted octanol–water partition coefficient (Wildman–Crippen LogP) is -2.91. The van der Waals surface area contributed by atoms with E-state index in [1.807, 2.05) is 11.6 Å². The number of nitrogens with two attached hydrogens (primary N) is 1. The lowest BCUT2D eigenvalue weighted by Crippen LogP contribution is -2.57. The number of carboxylic acids is 2. The number of amides is 3. The Labute approximate surface area is 165 Å². The smallest absolute Gasteiger partial charge is 0.326 e. The van der Waals surface area contributed by atoms with E-state index in [9.17, 15) is 29.1 Å². The van der Waals surface area contributed by atoms with Gasteiger partial charge >= 0.3 is 11.9 Å². The zero-order valence-corrected chi connectivity index (χ0v) is 16.3. The second kappa shape index (κ2) is 12.9. The van der Waals surface area contributed by atoms with Gasteiger partial charge in [0.25, 0.3) is 0 Å². The average molecular weight is 422 g/mol. The van der Waals surface area contributed by atoms with Gasteiger partial charge in [-0.15, -0.1) is 0 Å². The first kappa shape index (κ1) is 25.6.